The highest BCUT2D eigenvalue weighted by Gasteiger charge is 2.20. The van der Waals surface area contributed by atoms with Gasteiger partial charge in [-0.15, -0.1) is 0 Å². The van der Waals surface area contributed by atoms with Crippen LogP contribution in [-0.4, -0.2) is 15.6 Å². The Morgan fingerprint density at radius 2 is 2.29 bits per heavy atom. The molecule has 1 aromatic heterocycles. The first-order valence-electron chi connectivity index (χ1n) is 5.32. The van der Waals surface area contributed by atoms with Gasteiger partial charge in [0, 0.05) is 17.6 Å². The Morgan fingerprint density at radius 1 is 1.59 bits per heavy atom. The van der Waals surface area contributed by atoms with E-state index in [2.05, 4.69) is 0 Å². The molecule has 0 aliphatic rings. The van der Waals surface area contributed by atoms with Crippen molar-refractivity contribution in [1.29, 1.82) is 0 Å². The highest BCUT2D eigenvalue weighted by Crippen LogP contribution is 2.29. The first kappa shape index (κ1) is 12.0. The standard InChI is InChI=1S/C12H13ClN2O2/c1-2-15-9(10(14)12(16)17)6-7-4-3-5-8(13)11(7)15/h3-6,10H,2,14H2,1H3,(H,16,17). The molecule has 1 aromatic carbocycles. The zero-order valence-electron chi connectivity index (χ0n) is 9.35. The number of hydrogen-bond donors (Lipinski definition) is 2. The van der Waals surface area contributed by atoms with Crippen LogP contribution in [0.3, 0.4) is 0 Å². The summed E-state index contributed by atoms with van der Waals surface area (Å²) in [7, 11) is 0. The summed E-state index contributed by atoms with van der Waals surface area (Å²) in [5.74, 6) is -1.04. The SMILES string of the molecule is CCn1c(C(N)C(=O)O)cc2cccc(Cl)c21. The number of aliphatic carboxylic acids is 1. The lowest BCUT2D eigenvalue weighted by atomic mass is 10.2. The van der Waals surface area contributed by atoms with Gasteiger partial charge in [0.25, 0.3) is 0 Å². The molecule has 1 atom stereocenters. The molecule has 4 nitrogen and oxygen atoms in total. The Hall–Kier alpha value is -1.52. The van der Waals surface area contributed by atoms with Gasteiger partial charge in [-0.2, -0.15) is 0 Å². The Labute approximate surface area is 104 Å². The number of rotatable bonds is 3. The second-order valence-electron chi connectivity index (χ2n) is 3.81. The van der Waals surface area contributed by atoms with Crippen molar-refractivity contribution >= 4 is 28.5 Å². The Bertz CT molecular complexity index is 577. The molecule has 90 valence electrons. The van der Waals surface area contributed by atoms with Gasteiger partial charge in [-0.25, -0.2) is 0 Å². The largest absolute Gasteiger partial charge is 0.480 e. The molecule has 0 saturated carbocycles. The summed E-state index contributed by atoms with van der Waals surface area (Å²) in [5, 5.41) is 10.5. The summed E-state index contributed by atoms with van der Waals surface area (Å²) in [6.45, 7) is 2.56. The van der Waals surface area contributed by atoms with E-state index in [4.69, 9.17) is 22.4 Å². The van der Waals surface area contributed by atoms with Crippen LogP contribution in [0.5, 0.6) is 0 Å². The van der Waals surface area contributed by atoms with Crippen molar-refractivity contribution < 1.29 is 9.90 Å². The first-order valence-corrected chi connectivity index (χ1v) is 5.70. The average Bonchev–Trinajstić information content (AvgIpc) is 2.67. The smallest absolute Gasteiger partial charge is 0.326 e. The Morgan fingerprint density at radius 3 is 2.88 bits per heavy atom. The maximum absolute atomic E-state index is 11.0. The second-order valence-corrected chi connectivity index (χ2v) is 4.21. The number of carboxylic acids is 1. The highest BCUT2D eigenvalue weighted by molar-refractivity contribution is 6.35. The van der Waals surface area contributed by atoms with Gasteiger partial charge in [-0.05, 0) is 19.1 Å². The summed E-state index contributed by atoms with van der Waals surface area (Å²) < 4.78 is 1.84. The van der Waals surface area contributed by atoms with Crippen LogP contribution >= 0.6 is 11.6 Å². The van der Waals surface area contributed by atoms with Crippen LogP contribution in [0.15, 0.2) is 24.3 Å². The molecule has 17 heavy (non-hydrogen) atoms. The topological polar surface area (TPSA) is 68.2 Å². The molecular formula is C12H13ClN2O2. The molecule has 1 unspecified atom stereocenters. The number of aromatic nitrogens is 1. The molecule has 0 aliphatic carbocycles. The molecule has 0 radical (unpaired) electrons. The minimum Gasteiger partial charge on any atom is -0.480 e. The molecular weight excluding hydrogens is 240 g/mol. The van der Waals surface area contributed by atoms with Gasteiger partial charge in [-0.1, -0.05) is 23.7 Å². The number of aryl methyl sites for hydroxylation is 1. The van der Waals surface area contributed by atoms with Crippen LogP contribution in [0.4, 0.5) is 0 Å². The number of carbonyl (C=O) groups is 1. The van der Waals surface area contributed by atoms with Crippen LogP contribution in [0, 0.1) is 0 Å². The number of para-hydroxylation sites is 1. The van der Waals surface area contributed by atoms with E-state index in [1.54, 1.807) is 12.1 Å². The van der Waals surface area contributed by atoms with Gasteiger partial charge < -0.3 is 15.4 Å². The van der Waals surface area contributed by atoms with Crippen molar-refractivity contribution in [2.75, 3.05) is 0 Å². The summed E-state index contributed by atoms with van der Waals surface area (Å²) in [4.78, 5) is 11.0. The normalized spacial score (nSPS) is 12.9. The lowest BCUT2D eigenvalue weighted by molar-refractivity contribution is -0.138. The Balaban J connectivity index is 2.73. The van der Waals surface area contributed by atoms with E-state index in [0.717, 1.165) is 10.9 Å². The molecule has 2 aromatic rings. The number of benzene rings is 1. The molecule has 0 bridgehead atoms. The zero-order chi connectivity index (χ0) is 12.6. The third kappa shape index (κ3) is 1.90. The van der Waals surface area contributed by atoms with Gasteiger partial charge >= 0.3 is 5.97 Å². The minimum absolute atomic E-state index is 0.572. The summed E-state index contributed by atoms with van der Waals surface area (Å²) >= 11 is 6.13. The van der Waals surface area contributed by atoms with Crippen molar-refractivity contribution in [1.82, 2.24) is 4.57 Å². The number of nitrogens with zero attached hydrogens (tertiary/aromatic N) is 1. The van der Waals surface area contributed by atoms with Crippen molar-refractivity contribution in [3.8, 4) is 0 Å². The number of carboxylic acid groups (broad SMARTS) is 1. The molecule has 1 heterocycles. The third-order valence-electron chi connectivity index (χ3n) is 2.80. The molecule has 0 saturated heterocycles. The zero-order valence-corrected chi connectivity index (χ0v) is 10.1. The first-order chi connectivity index (χ1) is 8.06. The molecule has 0 spiro atoms. The van der Waals surface area contributed by atoms with Crippen molar-refractivity contribution in [3.63, 3.8) is 0 Å². The maximum atomic E-state index is 11.0. The van der Waals surface area contributed by atoms with E-state index in [0.29, 0.717) is 17.3 Å². The number of fused-ring (bicyclic) bond motifs is 1. The van der Waals surface area contributed by atoms with Crippen LogP contribution in [0.2, 0.25) is 5.02 Å². The number of hydrogen-bond acceptors (Lipinski definition) is 2. The van der Waals surface area contributed by atoms with Crippen molar-refractivity contribution in [3.05, 3.63) is 35.0 Å². The number of nitrogens with two attached hydrogens (primary N) is 1. The highest BCUT2D eigenvalue weighted by atomic mass is 35.5. The van der Waals surface area contributed by atoms with Gasteiger partial charge in [0.1, 0.15) is 6.04 Å². The van der Waals surface area contributed by atoms with Gasteiger partial charge in [-0.3, -0.25) is 4.79 Å². The molecule has 3 N–H and O–H groups in total. The fourth-order valence-electron chi connectivity index (χ4n) is 2.02. The fraction of sp³-hybridized carbons (Fsp3) is 0.250. The van der Waals surface area contributed by atoms with E-state index >= 15 is 0 Å². The van der Waals surface area contributed by atoms with E-state index in [1.165, 1.54) is 0 Å². The van der Waals surface area contributed by atoms with Crippen LogP contribution in [0.25, 0.3) is 10.9 Å². The van der Waals surface area contributed by atoms with Crippen LogP contribution in [-0.2, 0) is 11.3 Å². The summed E-state index contributed by atoms with van der Waals surface area (Å²) in [5.41, 5.74) is 7.07. The lowest BCUT2D eigenvalue weighted by Gasteiger charge is -2.11. The van der Waals surface area contributed by atoms with E-state index < -0.39 is 12.0 Å². The predicted octanol–water partition coefficient (Wildman–Crippen LogP) is 2.40. The molecule has 0 fully saturated rings. The predicted molar refractivity (Wildman–Crippen MR) is 67.2 cm³/mol. The van der Waals surface area contributed by atoms with E-state index in [1.807, 2.05) is 23.6 Å². The molecule has 0 aliphatic heterocycles. The monoisotopic (exact) mass is 252 g/mol. The quantitative estimate of drug-likeness (QED) is 0.881. The minimum atomic E-state index is -1.04. The van der Waals surface area contributed by atoms with E-state index in [9.17, 15) is 4.79 Å². The van der Waals surface area contributed by atoms with Crippen LogP contribution < -0.4 is 5.73 Å². The van der Waals surface area contributed by atoms with Crippen molar-refractivity contribution in [2.24, 2.45) is 5.73 Å². The van der Waals surface area contributed by atoms with Crippen LogP contribution in [0.1, 0.15) is 18.7 Å². The maximum Gasteiger partial charge on any atom is 0.326 e. The van der Waals surface area contributed by atoms with Gasteiger partial charge in [0.15, 0.2) is 0 Å². The lowest BCUT2D eigenvalue weighted by Crippen LogP contribution is -2.23. The second kappa shape index (κ2) is 4.39. The fourth-order valence-corrected chi connectivity index (χ4v) is 2.31. The Kier molecular flexibility index (Phi) is 3.09. The average molecular weight is 253 g/mol. The van der Waals surface area contributed by atoms with E-state index in [-0.39, 0.29) is 0 Å². The summed E-state index contributed by atoms with van der Waals surface area (Å²) in [6.07, 6.45) is 0. The molecule has 0 amide bonds. The van der Waals surface area contributed by atoms with Gasteiger partial charge in [0.05, 0.1) is 10.5 Å². The molecule has 5 heteroatoms. The summed E-state index contributed by atoms with van der Waals surface area (Å²) in [6, 6.07) is 6.26. The number of halogens is 1. The van der Waals surface area contributed by atoms with Gasteiger partial charge in [0.2, 0.25) is 0 Å². The molecule has 2 rings (SSSR count). The third-order valence-corrected chi connectivity index (χ3v) is 3.11. The van der Waals surface area contributed by atoms with Crippen molar-refractivity contribution in [2.45, 2.75) is 19.5 Å².